The molecule has 0 saturated carbocycles. The molecule has 1 rings (SSSR count). The molecule has 0 spiro atoms. The Morgan fingerprint density at radius 2 is 1.67 bits per heavy atom. The summed E-state index contributed by atoms with van der Waals surface area (Å²) in [6.45, 7) is 7.65. The highest BCUT2D eigenvalue weighted by molar-refractivity contribution is 6.60. The smallest absolute Gasteiger partial charge is 0.147 e. The molecule has 1 nitrogen and oxygen atoms in total. The van der Waals surface area contributed by atoms with Gasteiger partial charge in [0.05, 0.1) is 7.11 Å². The lowest BCUT2D eigenvalue weighted by molar-refractivity contribution is 0.414. The third-order valence-electron chi connectivity index (χ3n) is 3.40. The summed E-state index contributed by atoms with van der Waals surface area (Å²) in [6.07, 6.45) is 2.51. The Bertz CT molecular complexity index is 277. The Hall–Kier alpha value is -0.915. The van der Waals surface area contributed by atoms with Gasteiger partial charge in [-0.2, -0.15) is 0 Å². The van der Waals surface area contributed by atoms with Crippen molar-refractivity contribution in [3.63, 3.8) is 0 Å². The fourth-order valence-corrected chi connectivity index (χ4v) is 2.18. The third kappa shape index (κ3) is 3.02. The molecule has 0 aliphatic carbocycles. The van der Waals surface area contributed by atoms with Crippen LogP contribution < -0.4 is 4.74 Å². The Morgan fingerprint density at radius 1 is 1.13 bits per heavy atom. The molecule has 1 atom stereocenters. The second-order valence-electron chi connectivity index (χ2n) is 4.14. The molecule has 82 valence electrons. The van der Waals surface area contributed by atoms with Gasteiger partial charge in [-0.25, -0.2) is 0 Å². The minimum absolute atomic E-state index is 0.644. The summed E-state index contributed by atoms with van der Waals surface area (Å²) in [5, 5.41) is 0. The molecular weight excluding hydrogens is 183 g/mol. The molecule has 0 heterocycles. The highest BCUT2D eigenvalue weighted by Crippen LogP contribution is 2.24. The van der Waals surface area contributed by atoms with E-state index >= 15 is 0 Å². The minimum Gasteiger partial charge on any atom is -0.497 e. The maximum Gasteiger partial charge on any atom is 0.147 e. The van der Waals surface area contributed by atoms with Gasteiger partial charge in [-0.15, -0.1) is 0 Å². The number of hydrogen-bond acceptors (Lipinski definition) is 1. The fraction of sp³-hybridized carbons (Fsp3) is 0.538. The van der Waals surface area contributed by atoms with Crippen molar-refractivity contribution in [1.82, 2.24) is 0 Å². The van der Waals surface area contributed by atoms with Gasteiger partial charge in [-0.1, -0.05) is 51.1 Å². The van der Waals surface area contributed by atoms with E-state index in [4.69, 9.17) is 4.74 Å². The van der Waals surface area contributed by atoms with Crippen molar-refractivity contribution >= 4 is 6.71 Å². The van der Waals surface area contributed by atoms with Gasteiger partial charge in [0.15, 0.2) is 0 Å². The number of hydrogen-bond donors (Lipinski definition) is 0. The highest BCUT2D eigenvalue weighted by Gasteiger charge is 2.18. The minimum atomic E-state index is 0.644. The van der Waals surface area contributed by atoms with Crippen LogP contribution in [0.25, 0.3) is 0 Å². The van der Waals surface area contributed by atoms with Crippen molar-refractivity contribution in [2.24, 2.45) is 0 Å². The van der Waals surface area contributed by atoms with Crippen molar-refractivity contribution in [3.8, 4) is 5.75 Å². The van der Waals surface area contributed by atoms with Crippen LogP contribution in [0.4, 0.5) is 0 Å². The summed E-state index contributed by atoms with van der Waals surface area (Å²) in [5.41, 5.74) is 1.42. The van der Waals surface area contributed by atoms with Gasteiger partial charge >= 0.3 is 0 Å². The molecule has 0 amide bonds. The summed E-state index contributed by atoms with van der Waals surface area (Å²) < 4.78 is 5.16. The largest absolute Gasteiger partial charge is 0.497 e. The molecule has 1 aromatic carbocycles. The van der Waals surface area contributed by atoms with Gasteiger partial charge in [-0.3, -0.25) is 0 Å². The van der Waals surface area contributed by atoms with Crippen molar-refractivity contribution < 1.29 is 4.74 Å². The summed E-state index contributed by atoms with van der Waals surface area (Å²) in [4.78, 5) is 0. The molecule has 1 aromatic rings. The van der Waals surface area contributed by atoms with Crippen LogP contribution >= 0.6 is 0 Å². The second-order valence-corrected chi connectivity index (χ2v) is 4.14. The molecular formula is C13H21BO. The molecule has 0 aliphatic heterocycles. The molecule has 0 N–H and O–H groups in total. The van der Waals surface area contributed by atoms with E-state index < -0.39 is 0 Å². The first-order chi connectivity index (χ1) is 7.22. The zero-order chi connectivity index (χ0) is 11.3. The summed E-state index contributed by atoms with van der Waals surface area (Å²) >= 11 is 0. The fourth-order valence-electron chi connectivity index (χ4n) is 2.18. The first-order valence-corrected chi connectivity index (χ1v) is 5.86. The van der Waals surface area contributed by atoms with Gasteiger partial charge in [0.2, 0.25) is 0 Å². The van der Waals surface area contributed by atoms with Gasteiger partial charge in [0.25, 0.3) is 0 Å². The summed E-state index contributed by atoms with van der Waals surface area (Å²) in [5.74, 6) is 1.58. The number of methoxy groups -OCH3 is 1. The van der Waals surface area contributed by atoms with Crippen LogP contribution in [0.15, 0.2) is 24.3 Å². The molecule has 15 heavy (non-hydrogen) atoms. The first kappa shape index (κ1) is 12.2. The molecule has 0 bridgehead atoms. The lowest BCUT2D eigenvalue weighted by Gasteiger charge is -2.18. The van der Waals surface area contributed by atoms with E-state index in [-0.39, 0.29) is 0 Å². The van der Waals surface area contributed by atoms with Gasteiger partial charge in [0.1, 0.15) is 12.5 Å². The third-order valence-corrected chi connectivity index (χ3v) is 3.40. The molecule has 0 fully saturated rings. The highest BCUT2D eigenvalue weighted by atomic mass is 16.5. The van der Waals surface area contributed by atoms with E-state index in [1.54, 1.807) is 7.11 Å². The van der Waals surface area contributed by atoms with E-state index in [9.17, 15) is 0 Å². The SMILES string of the molecule is CCB(CC)[C@@H](C)c1ccc(OC)cc1. The maximum absolute atomic E-state index is 5.16. The van der Waals surface area contributed by atoms with Crippen molar-refractivity contribution in [1.29, 1.82) is 0 Å². The number of rotatable bonds is 5. The molecule has 0 unspecified atom stereocenters. The lowest BCUT2D eigenvalue weighted by atomic mass is 9.37. The van der Waals surface area contributed by atoms with Crippen LogP contribution in [0, 0.1) is 0 Å². The predicted octanol–water partition coefficient (Wildman–Crippen LogP) is 3.87. The van der Waals surface area contributed by atoms with E-state index in [2.05, 4.69) is 32.9 Å². The van der Waals surface area contributed by atoms with E-state index in [1.165, 1.54) is 18.2 Å². The normalized spacial score (nSPS) is 12.3. The van der Waals surface area contributed by atoms with Crippen LogP contribution in [0.5, 0.6) is 5.75 Å². The molecule has 0 aliphatic rings. The Labute approximate surface area is 93.9 Å². The van der Waals surface area contributed by atoms with Crippen LogP contribution in [0.1, 0.15) is 32.2 Å². The van der Waals surface area contributed by atoms with Gasteiger partial charge in [0, 0.05) is 0 Å². The number of ether oxygens (including phenoxy) is 1. The molecule has 0 radical (unpaired) electrons. The van der Waals surface area contributed by atoms with Crippen molar-refractivity contribution in [3.05, 3.63) is 29.8 Å². The average Bonchev–Trinajstić information content (AvgIpc) is 2.30. The monoisotopic (exact) mass is 204 g/mol. The van der Waals surface area contributed by atoms with Crippen LogP contribution in [-0.2, 0) is 0 Å². The maximum atomic E-state index is 5.16. The quantitative estimate of drug-likeness (QED) is 0.661. The zero-order valence-corrected chi connectivity index (χ0v) is 10.3. The Kier molecular flexibility index (Phi) is 4.74. The molecule has 0 saturated heterocycles. The van der Waals surface area contributed by atoms with Crippen LogP contribution in [-0.4, -0.2) is 13.8 Å². The van der Waals surface area contributed by atoms with Crippen molar-refractivity contribution in [2.75, 3.05) is 7.11 Å². The Balaban J connectivity index is 2.76. The van der Waals surface area contributed by atoms with E-state index in [0.717, 1.165) is 12.5 Å². The Morgan fingerprint density at radius 3 is 2.07 bits per heavy atom. The summed E-state index contributed by atoms with van der Waals surface area (Å²) in [7, 11) is 1.71. The predicted molar refractivity (Wildman–Crippen MR) is 68.1 cm³/mol. The van der Waals surface area contributed by atoms with Gasteiger partial charge in [-0.05, 0) is 17.9 Å². The first-order valence-electron chi connectivity index (χ1n) is 5.86. The standard InChI is InChI=1S/C13H21BO/c1-5-14(6-2)11(3)12-7-9-13(15-4)10-8-12/h7-11H,5-6H2,1-4H3/t11-/m0/s1. The van der Waals surface area contributed by atoms with Crippen molar-refractivity contribution in [2.45, 2.75) is 39.2 Å². The van der Waals surface area contributed by atoms with Crippen LogP contribution in [0.2, 0.25) is 12.6 Å². The molecule has 0 aromatic heterocycles. The lowest BCUT2D eigenvalue weighted by Crippen LogP contribution is -2.18. The van der Waals surface area contributed by atoms with Gasteiger partial charge < -0.3 is 4.74 Å². The number of benzene rings is 1. The summed E-state index contributed by atoms with van der Waals surface area (Å²) in [6, 6.07) is 8.46. The second kappa shape index (κ2) is 5.84. The van der Waals surface area contributed by atoms with E-state index in [0.29, 0.717) is 5.82 Å². The zero-order valence-electron chi connectivity index (χ0n) is 10.3. The topological polar surface area (TPSA) is 9.23 Å². The average molecular weight is 204 g/mol. The van der Waals surface area contributed by atoms with E-state index in [1.807, 2.05) is 12.1 Å². The van der Waals surface area contributed by atoms with Crippen LogP contribution in [0.3, 0.4) is 0 Å². The molecule has 2 heteroatoms.